The fourth-order valence-corrected chi connectivity index (χ4v) is 2.56. The predicted molar refractivity (Wildman–Crippen MR) is 76.9 cm³/mol. The van der Waals surface area contributed by atoms with Gasteiger partial charge < -0.3 is 10.2 Å². The Bertz CT molecular complexity index is 353. The van der Waals surface area contributed by atoms with Crippen LogP contribution in [0, 0.1) is 6.92 Å². The third-order valence-electron chi connectivity index (χ3n) is 3.59. The lowest BCUT2D eigenvalue weighted by Gasteiger charge is -2.36. The normalized spacial score (nSPS) is 19.1. The van der Waals surface area contributed by atoms with Crippen molar-refractivity contribution in [3.8, 4) is 0 Å². The second kappa shape index (κ2) is 6.32. The maximum atomic E-state index is 3.43. The van der Waals surface area contributed by atoms with E-state index in [0.717, 1.165) is 32.7 Å². The molecule has 1 saturated heterocycles. The lowest BCUT2D eigenvalue weighted by Crippen LogP contribution is -2.47. The molecular weight excluding hydrogens is 222 g/mol. The zero-order valence-corrected chi connectivity index (χ0v) is 11.8. The summed E-state index contributed by atoms with van der Waals surface area (Å²) < 4.78 is 0. The Hall–Kier alpha value is -0.900. The summed E-state index contributed by atoms with van der Waals surface area (Å²) in [5.41, 5.74) is 2.78. The monoisotopic (exact) mass is 247 g/mol. The number of aryl methyl sites for hydroxylation is 1. The van der Waals surface area contributed by atoms with Crippen molar-refractivity contribution in [1.82, 2.24) is 15.1 Å². The first kappa shape index (κ1) is 13.5. The summed E-state index contributed by atoms with van der Waals surface area (Å²) in [5, 5.41) is 3.43. The number of nitrogens with one attached hydrogen (secondary N) is 1. The van der Waals surface area contributed by atoms with Crippen LogP contribution in [0.4, 0.5) is 0 Å². The molecule has 0 aromatic heterocycles. The number of hydrogen-bond donors (Lipinski definition) is 1. The van der Waals surface area contributed by atoms with E-state index in [1.807, 2.05) is 0 Å². The van der Waals surface area contributed by atoms with Crippen LogP contribution in [0.15, 0.2) is 24.3 Å². The van der Waals surface area contributed by atoms with E-state index >= 15 is 0 Å². The SMILES string of the molecule is Cc1ccc(C(CN(C)C)N2CCNCC2)cc1. The quantitative estimate of drug-likeness (QED) is 0.870. The summed E-state index contributed by atoms with van der Waals surface area (Å²) >= 11 is 0. The molecule has 3 nitrogen and oxygen atoms in total. The van der Waals surface area contributed by atoms with E-state index < -0.39 is 0 Å². The van der Waals surface area contributed by atoms with Gasteiger partial charge >= 0.3 is 0 Å². The number of piperazine rings is 1. The molecule has 1 unspecified atom stereocenters. The van der Waals surface area contributed by atoms with E-state index in [-0.39, 0.29) is 0 Å². The lowest BCUT2D eigenvalue weighted by atomic mass is 10.0. The van der Waals surface area contributed by atoms with Gasteiger partial charge in [0.15, 0.2) is 0 Å². The first-order valence-corrected chi connectivity index (χ1v) is 6.83. The third-order valence-corrected chi connectivity index (χ3v) is 3.59. The smallest absolute Gasteiger partial charge is 0.0476 e. The zero-order chi connectivity index (χ0) is 13.0. The summed E-state index contributed by atoms with van der Waals surface area (Å²) in [5.74, 6) is 0. The molecule has 2 rings (SSSR count). The molecule has 0 radical (unpaired) electrons. The fraction of sp³-hybridized carbons (Fsp3) is 0.600. The van der Waals surface area contributed by atoms with Gasteiger partial charge in [0.05, 0.1) is 0 Å². The Labute approximate surface area is 111 Å². The van der Waals surface area contributed by atoms with Crippen molar-refractivity contribution < 1.29 is 0 Å². The third kappa shape index (κ3) is 3.55. The highest BCUT2D eigenvalue weighted by Crippen LogP contribution is 2.22. The zero-order valence-electron chi connectivity index (χ0n) is 11.8. The molecule has 1 aromatic rings. The molecule has 3 heteroatoms. The van der Waals surface area contributed by atoms with Gasteiger partial charge in [-0.25, -0.2) is 0 Å². The Morgan fingerprint density at radius 1 is 1.17 bits per heavy atom. The molecule has 1 atom stereocenters. The number of likely N-dealkylation sites (N-methyl/N-ethyl adjacent to an activating group) is 1. The van der Waals surface area contributed by atoms with E-state index in [1.54, 1.807) is 0 Å². The van der Waals surface area contributed by atoms with Crippen molar-refractivity contribution in [2.75, 3.05) is 46.8 Å². The molecular formula is C15H25N3. The predicted octanol–water partition coefficient (Wildman–Crippen LogP) is 1.50. The summed E-state index contributed by atoms with van der Waals surface area (Å²) in [7, 11) is 4.31. The minimum absolute atomic E-state index is 0.516. The van der Waals surface area contributed by atoms with Gasteiger partial charge in [0.2, 0.25) is 0 Å². The summed E-state index contributed by atoms with van der Waals surface area (Å²) in [4.78, 5) is 4.88. The highest BCUT2D eigenvalue weighted by atomic mass is 15.2. The van der Waals surface area contributed by atoms with Gasteiger partial charge in [-0.15, -0.1) is 0 Å². The van der Waals surface area contributed by atoms with Crippen LogP contribution >= 0.6 is 0 Å². The van der Waals surface area contributed by atoms with E-state index in [0.29, 0.717) is 6.04 Å². The van der Waals surface area contributed by atoms with Crippen LogP contribution in [0.5, 0.6) is 0 Å². The van der Waals surface area contributed by atoms with Gasteiger partial charge in [-0.05, 0) is 26.6 Å². The molecule has 0 bridgehead atoms. The molecule has 1 aliphatic rings. The molecule has 0 amide bonds. The molecule has 100 valence electrons. The van der Waals surface area contributed by atoms with Crippen molar-refractivity contribution in [1.29, 1.82) is 0 Å². The van der Waals surface area contributed by atoms with Crippen LogP contribution < -0.4 is 5.32 Å². The van der Waals surface area contributed by atoms with Crippen molar-refractivity contribution in [2.45, 2.75) is 13.0 Å². The average molecular weight is 247 g/mol. The van der Waals surface area contributed by atoms with Gasteiger partial charge in [0.1, 0.15) is 0 Å². The molecule has 1 aromatic carbocycles. The summed E-state index contributed by atoms with van der Waals surface area (Å²) in [6.07, 6.45) is 0. The minimum Gasteiger partial charge on any atom is -0.314 e. The fourth-order valence-electron chi connectivity index (χ4n) is 2.56. The minimum atomic E-state index is 0.516. The van der Waals surface area contributed by atoms with E-state index in [2.05, 4.69) is 60.4 Å². The van der Waals surface area contributed by atoms with Gasteiger partial charge in [-0.2, -0.15) is 0 Å². The maximum absolute atomic E-state index is 3.43. The molecule has 1 fully saturated rings. The molecule has 1 heterocycles. The Morgan fingerprint density at radius 3 is 2.33 bits per heavy atom. The topological polar surface area (TPSA) is 18.5 Å². The number of rotatable bonds is 4. The Morgan fingerprint density at radius 2 is 1.78 bits per heavy atom. The first-order valence-electron chi connectivity index (χ1n) is 6.83. The second-order valence-electron chi connectivity index (χ2n) is 5.47. The Kier molecular flexibility index (Phi) is 4.75. The van der Waals surface area contributed by atoms with Gasteiger partial charge in [-0.1, -0.05) is 29.8 Å². The van der Waals surface area contributed by atoms with E-state index in [4.69, 9.17) is 0 Å². The van der Waals surface area contributed by atoms with Crippen molar-refractivity contribution in [2.24, 2.45) is 0 Å². The van der Waals surface area contributed by atoms with Gasteiger partial charge in [-0.3, -0.25) is 4.90 Å². The Balaban J connectivity index is 2.15. The van der Waals surface area contributed by atoms with Crippen LogP contribution in [0.1, 0.15) is 17.2 Å². The number of nitrogens with zero attached hydrogens (tertiary/aromatic N) is 2. The van der Waals surface area contributed by atoms with Crippen LogP contribution in [-0.2, 0) is 0 Å². The average Bonchev–Trinajstić information content (AvgIpc) is 2.38. The molecule has 0 spiro atoms. The molecule has 0 saturated carbocycles. The van der Waals surface area contributed by atoms with E-state index in [1.165, 1.54) is 11.1 Å². The standard InChI is InChI=1S/C15H25N3/c1-13-4-6-14(7-5-13)15(12-17(2)3)18-10-8-16-9-11-18/h4-7,15-16H,8-12H2,1-3H3. The molecule has 18 heavy (non-hydrogen) atoms. The van der Waals surface area contributed by atoms with Crippen molar-refractivity contribution in [3.63, 3.8) is 0 Å². The van der Waals surface area contributed by atoms with Crippen molar-refractivity contribution >= 4 is 0 Å². The maximum Gasteiger partial charge on any atom is 0.0476 e. The highest BCUT2D eigenvalue weighted by molar-refractivity contribution is 5.24. The molecule has 1 aliphatic heterocycles. The van der Waals surface area contributed by atoms with Crippen LogP contribution in [0.2, 0.25) is 0 Å². The second-order valence-corrected chi connectivity index (χ2v) is 5.47. The van der Waals surface area contributed by atoms with Crippen molar-refractivity contribution in [3.05, 3.63) is 35.4 Å². The van der Waals surface area contributed by atoms with E-state index in [9.17, 15) is 0 Å². The van der Waals surface area contributed by atoms with Gasteiger partial charge in [0.25, 0.3) is 0 Å². The number of hydrogen-bond acceptors (Lipinski definition) is 3. The molecule has 0 aliphatic carbocycles. The van der Waals surface area contributed by atoms with Crippen LogP contribution in [0.25, 0.3) is 0 Å². The lowest BCUT2D eigenvalue weighted by molar-refractivity contribution is 0.145. The van der Waals surface area contributed by atoms with Gasteiger partial charge in [0, 0.05) is 38.8 Å². The first-order chi connectivity index (χ1) is 8.66. The summed E-state index contributed by atoms with van der Waals surface area (Å²) in [6.45, 7) is 7.74. The highest BCUT2D eigenvalue weighted by Gasteiger charge is 2.22. The number of benzene rings is 1. The summed E-state index contributed by atoms with van der Waals surface area (Å²) in [6, 6.07) is 9.53. The van der Waals surface area contributed by atoms with Crippen LogP contribution in [0.3, 0.4) is 0 Å². The molecule has 1 N–H and O–H groups in total. The van der Waals surface area contributed by atoms with Crippen LogP contribution in [-0.4, -0.2) is 56.6 Å². The largest absolute Gasteiger partial charge is 0.314 e.